The normalized spacial score (nSPS) is 26.3. The Morgan fingerprint density at radius 1 is 1.45 bits per heavy atom. The third-order valence-electron chi connectivity index (χ3n) is 4.69. The molecule has 0 spiro atoms. The largest absolute Gasteiger partial charge is 0.466 e. The van der Waals surface area contributed by atoms with E-state index in [9.17, 15) is 0 Å². The van der Waals surface area contributed by atoms with E-state index in [1.165, 1.54) is 30.6 Å². The minimum absolute atomic E-state index is 0.302. The summed E-state index contributed by atoms with van der Waals surface area (Å²) in [4.78, 5) is 0. The highest BCUT2D eigenvalue weighted by Crippen LogP contribution is 2.43. The van der Waals surface area contributed by atoms with Gasteiger partial charge in [-0.25, -0.2) is 0 Å². The zero-order valence-electron chi connectivity index (χ0n) is 13.2. The molecule has 1 aromatic rings. The van der Waals surface area contributed by atoms with E-state index in [0.717, 1.165) is 24.7 Å². The first-order valence-electron chi connectivity index (χ1n) is 7.83. The summed E-state index contributed by atoms with van der Waals surface area (Å²) in [6, 6.07) is 3.12. The van der Waals surface area contributed by atoms with Gasteiger partial charge in [0.15, 0.2) is 0 Å². The molecule has 0 bridgehead atoms. The maximum absolute atomic E-state index is 5.92. The van der Waals surface area contributed by atoms with Crippen molar-refractivity contribution in [2.24, 2.45) is 11.3 Å². The third-order valence-corrected chi connectivity index (χ3v) is 4.69. The zero-order chi connectivity index (χ0) is 14.3. The van der Waals surface area contributed by atoms with E-state index in [1.807, 2.05) is 0 Å². The zero-order valence-corrected chi connectivity index (χ0v) is 13.2. The summed E-state index contributed by atoms with van der Waals surface area (Å²) < 4.78 is 11.3. The van der Waals surface area contributed by atoms with Crippen LogP contribution in [0.4, 0.5) is 0 Å². The van der Waals surface area contributed by atoms with Crippen LogP contribution in [0.25, 0.3) is 0 Å². The molecule has 3 heteroatoms. The topological polar surface area (TPSA) is 34.4 Å². The Labute approximate surface area is 122 Å². The van der Waals surface area contributed by atoms with Gasteiger partial charge in [0.1, 0.15) is 11.5 Å². The van der Waals surface area contributed by atoms with Gasteiger partial charge in [-0.3, -0.25) is 0 Å². The van der Waals surface area contributed by atoms with Crippen molar-refractivity contribution in [3.05, 3.63) is 23.2 Å². The van der Waals surface area contributed by atoms with Crippen molar-refractivity contribution in [1.82, 2.24) is 5.32 Å². The fourth-order valence-corrected chi connectivity index (χ4v) is 3.59. The van der Waals surface area contributed by atoms with E-state index in [2.05, 4.69) is 32.2 Å². The fourth-order valence-electron chi connectivity index (χ4n) is 3.59. The van der Waals surface area contributed by atoms with Crippen molar-refractivity contribution in [1.29, 1.82) is 0 Å². The minimum Gasteiger partial charge on any atom is -0.466 e. The maximum Gasteiger partial charge on any atom is 0.109 e. The van der Waals surface area contributed by atoms with Gasteiger partial charge in [0.25, 0.3) is 0 Å². The van der Waals surface area contributed by atoms with Crippen LogP contribution in [0.1, 0.15) is 56.2 Å². The van der Waals surface area contributed by atoms with Crippen LogP contribution >= 0.6 is 0 Å². The van der Waals surface area contributed by atoms with Crippen LogP contribution in [0.5, 0.6) is 0 Å². The highest BCUT2D eigenvalue weighted by atomic mass is 16.5. The van der Waals surface area contributed by atoms with E-state index in [0.29, 0.717) is 17.5 Å². The molecule has 0 saturated heterocycles. The first-order chi connectivity index (χ1) is 9.48. The monoisotopic (exact) mass is 277 g/mol. The van der Waals surface area contributed by atoms with Gasteiger partial charge in [-0.1, -0.05) is 13.8 Å². The number of hydrogen-bond acceptors (Lipinski definition) is 3. The van der Waals surface area contributed by atoms with Gasteiger partial charge in [0.05, 0.1) is 6.61 Å². The van der Waals surface area contributed by atoms with E-state index in [1.54, 1.807) is 7.11 Å². The molecule has 1 heterocycles. The molecule has 1 aromatic heterocycles. The molecule has 0 aliphatic heterocycles. The maximum atomic E-state index is 5.92. The Bertz CT molecular complexity index is 473. The molecule has 3 rings (SSSR count). The van der Waals surface area contributed by atoms with Crippen LogP contribution in [0.3, 0.4) is 0 Å². The number of nitrogens with one attached hydrogen (secondary N) is 1. The summed E-state index contributed by atoms with van der Waals surface area (Å²) in [5, 5.41) is 3.86. The summed E-state index contributed by atoms with van der Waals surface area (Å²) in [6.07, 6.45) is 4.90. The number of furan rings is 1. The number of rotatable bonds is 5. The highest BCUT2D eigenvalue weighted by Gasteiger charge is 2.38. The Balaban J connectivity index is 1.80. The molecule has 2 atom stereocenters. The van der Waals surface area contributed by atoms with Crippen molar-refractivity contribution >= 4 is 0 Å². The molecule has 1 saturated carbocycles. The molecule has 0 aromatic carbocycles. The van der Waals surface area contributed by atoms with Crippen molar-refractivity contribution in [3.63, 3.8) is 0 Å². The summed E-state index contributed by atoms with van der Waals surface area (Å²) in [5.41, 5.74) is 1.68. The molecule has 112 valence electrons. The smallest absolute Gasteiger partial charge is 0.109 e. The Hall–Kier alpha value is -0.800. The number of methoxy groups -OCH3 is 1. The van der Waals surface area contributed by atoms with Crippen LogP contribution < -0.4 is 5.32 Å². The average molecular weight is 277 g/mol. The van der Waals surface area contributed by atoms with Gasteiger partial charge in [0.2, 0.25) is 0 Å². The number of ether oxygens (including phenoxy) is 1. The van der Waals surface area contributed by atoms with E-state index < -0.39 is 0 Å². The van der Waals surface area contributed by atoms with Crippen LogP contribution in [0.15, 0.2) is 10.5 Å². The summed E-state index contributed by atoms with van der Waals surface area (Å²) in [7, 11) is 1.80. The van der Waals surface area contributed by atoms with Gasteiger partial charge in [-0.15, -0.1) is 0 Å². The van der Waals surface area contributed by atoms with Crippen LogP contribution in [-0.2, 0) is 11.2 Å². The first-order valence-corrected chi connectivity index (χ1v) is 7.83. The summed E-state index contributed by atoms with van der Waals surface area (Å²) in [5.74, 6) is 3.02. The lowest BCUT2D eigenvalue weighted by molar-refractivity contribution is 0.138. The average Bonchev–Trinajstić information content (AvgIpc) is 3.11. The Morgan fingerprint density at radius 3 is 2.85 bits per heavy atom. The van der Waals surface area contributed by atoms with Crippen molar-refractivity contribution < 1.29 is 9.15 Å². The second-order valence-electron chi connectivity index (χ2n) is 7.40. The van der Waals surface area contributed by atoms with Crippen LogP contribution in [0.2, 0.25) is 0 Å². The number of fused-ring (bicyclic) bond motifs is 1. The van der Waals surface area contributed by atoms with Gasteiger partial charge < -0.3 is 14.5 Å². The molecular weight excluding hydrogens is 250 g/mol. The standard InChI is InChI=1S/C17H27NO2/c1-11-7-13-14(8-17(2,3)9-16(13)20-11)18-15(10-19-4)12-5-6-12/h7,12,14-15,18H,5-6,8-10H2,1-4H3. The molecule has 2 aliphatic rings. The summed E-state index contributed by atoms with van der Waals surface area (Å²) >= 11 is 0. The lowest BCUT2D eigenvalue weighted by Crippen LogP contribution is -2.41. The first kappa shape index (κ1) is 14.2. The fraction of sp³-hybridized carbons (Fsp3) is 0.765. The van der Waals surface area contributed by atoms with E-state index in [-0.39, 0.29) is 0 Å². The highest BCUT2D eigenvalue weighted by molar-refractivity contribution is 5.29. The lowest BCUT2D eigenvalue weighted by Gasteiger charge is -2.36. The molecule has 0 radical (unpaired) electrons. The molecule has 0 amide bonds. The number of hydrogen-bond donors (Lipinski definition) is 1. The number of aryl methyl sites for hydroxylation is 1. The van der Waals surface area contributed by atoms with E-state index >= 15 is 0 Å². The third kappa shape index (κ3) is 2.94. The molecule has 2 aliphatic carbocycles. The van der Waals surface area contributed by atoms with Crippen LogP contribution in [-0.4, -0.2) is 19.8 Å². The summed E-state index contributed by atoms with van der Waals surface area (Å²) in [6.45, 7) is 7.54. The minimum atomic E-state index is 0.302. The van der Waals surface area contributed by atoms with Crippen molar-refractivity contribution in [3.8, 4) is 0 Å². The van der Waals surface area contributed by atoms with E-state index in [4.69, 9.17) is 9.15 Å². The molecule has 1 N–H and O–H groups in total. The molecular formula is C17H27NO2. The Kier molecular flexibility index (Phi) is 3.67. The SMILES string of the molecule is COCC(NC1CC(C)(C)Cc2oc(C)cc21)C1CC1. The van der Waals surface area contributed by atoms with Gasteiger partial charge >= 0.3 is 0 Å². The second-order valence-corrected chi connectivity index (χ2v) is 7.40. The lowest BCUT2D eigenvalue weighted by atomic mass is 9.74. The molecule has 1 fully saturated rings. The Morgan fingerprint density at radius 2 is 2.20 bits per heavy atom. The van der Waals surface area contributed by atoms with Gasteiger partial charge in [0, 0.05) is 31.2 Å². The predicted molar refractivity (Wildman–Crippen MR) is 79.8 cm³/mol. The van der Waals surface area contributed by atoms with Crippen LogP contribution in [0, 0.1) is 18.3 Å². The molecule has 3 nitrogen and oxygen atoms in total. The molecule has 20 heavy (non-hydrogen) atoms. The van der Waals surface area contributed by atoms with Gasteiger partial charge in [-0.2, -0.15) is 0 Å². The van der Waals surface area contributed by atoms with Crippen molar-refractivity contribution in [2.45, 2.75) is 58.5 Å². The molecule has 2 unspecified atom stereocenters. The predicted octanol–water partition coefficient (Wildman–Crippen LogP) is 3.62. The van der Waals surface area contributed by atoms with Crippen molar-refractivity contribution in [2.75, 3.05) is 13.7 Å². The van der Waals surface area contributed by atoms with Gasteiger partial charge in [-0.05, 0) is 43.6 Å². The second kappa shape index (κ2) is 5.19. The quantitative estimate of drug-likeness (QED) is 0.892.